The van der Waals surface area contributed by atoms with Crippen molar-refractivity contribution < 1.29 is 5.11 Å². The number of hydrogen-bond donors (Lipinski definition) is 2. The first kappa shape index (κ1) is 12.7. The second-order valence-electron chi connectivity index (χ2n) is 3.33. The van der Waals surface area contributed by atoms with Crippen LogP contribution in [0.1, 0.15) is 13.3 Å². The first-order chi connectivity index (χ1) is 7.15. The number of rotatable bonds is 5. The van der Waals surface area contributed by atoms with E-state index in [0.717, 1.165) is 13.0 Å². The van der Waals surface area contributed by atoms with Gasteiger partial charge in [0.25, 0.3) is 0 Å². The molecule has 0 radical (unpaired) electrons. The molecule has 0 aromatic carbocycles. The lowest BCUT2D eigenvalue weighted by molar-refractivity contribution is 0.266. The summed E-state index contributed by atoms with van der Waals surface area (Å²) in [6, 6.07) is 0. The maximum atomic E-state index is 8.75. The molecule has 1 aromatic rings. The van der Waals surface area contributed by atoms with Crippen LogP contribution < -0.4 is 5.32 Å². The van der Waals surface area contributed by atoms with E-state index in [1.807, 2.05) is 0 Å². The van der Waals surface area contributed by atoms with Crippen LogP contribution in [0.5, 0.6) is 0 Å². The van der Waals surface area contributed by atoms with Gasteiger partial charge in [-0.05, 0) is 28.3 Å². The van der Waals surface area contributed by atoms with Gasteiger partial charge in [-0.15, -0.1) is 0 Å². The molecule has 0 aliphatic heterocycles. The zero-order valence-electron chi connectivity index (χ0n) is 8.37. The Hall–Kier alpha value is -0.390. The fourth-order valence-electron chi connectivity index (χ4n) is 1.06. The van der Waals surface area contributed by atoms with E-state index in [-0.39, 0.29) is 6.61 Å². The number of aromatic nitrogens is 2. The van der Waals surface area contributed by atoms with Gasteiger partial charge in [0.1, 0.15) is 17.3 Å². The Kier molecular flexibility index (Phi) is 5.28. The lowest BCUT2D eigenvalue weighted by Crippen LogP contribution is -2.13. The Balaban J connectivity index is 2.54. The maximum Gasteiger partial charge on any atom is 0.148 e. The van der Waals surface area contributed by atoms with Gasteiger partial charge in [0.2, 0.25) is 0 Å². The summed E-state index contributed by atoms with van der Waals surface area (Å²) in [5.74, 6) is 1.07. The van der Waals surface area contributed by atoms with Crippen LogP contribution >= 0.6 is 27.5 Å². The molecular formula is C9H13BrClN3O. The number of nitrogens with one attached hydrogen (secondary N) is 1. The van der Waals surface area contributed by atoms with Crippen molar-refractivity contribution in [3.05, 3.63) is 16.0 Å². The third-order valence-electron chi connectivity index (χ3n) is 1.99. The summed E-state index contributed by atoms with van der Waals surface area (Å²) in [5, 5.41) is 12.3. The summed E-state index contributed by atoms with van der Waals surface area (Å²) < 4.78 is 0.669. The van der Waals surface area contributed by atoms with Gasteiger partial charge in [0, 0.05) is 13.2 Å². The molecule has 84 valence electrons. The largest absolute Gasteiger partial charge is 0.396 e. The highest BCUT2D eigenvalue weighted by atomic mass is 79.9. The van der Waals surface area contributed by atoms with Gasteiger partial charge in [-0.2, -0.15) is 0 Å². The van der Waals surface area contributed by atoms with Crippen molar-refractivity contribution in [1.82, 2.24) is 9.97 Å². The number of aliphatic hydroxyl groups is 1. The van der Waals surface area contributed by atoms with E-state index in [4.69, 9.17) is 16.7 Å². The molecule has 0 aliphatic carbocycles. The average molecular weight is 295 g/mol. The van der Waals surface area contributed by atoms with Gasteiger partial charge >= 0.3 is 0 Å². The van der Waals surface area contributed by atoms with Crippen molar-refractivity contribution in [2.24, 2.45) is 5.92 Å². The number of anilines is 1. The minimum atomic E-state index is 0.203. The highest BCUT2D eigenvalue weighted by Crippen LogP contribution is 2.26. The van der Waals surface area contributed by atoms with Crippen LogP contribution in [0.25, 0.3) is 0 Å². The van der Waals surface area contributed by atoms with E-state index in [1.54, 1.807) is 0 Å². The van der Waals surface area contributed by atoms with E-state index in [1.165, 1.54) is 6.33 Å². The summed E-state index contributed by atoms with van der Waals surface area (Å²) in [6.45, 7) is 3.00. The molecule has 1 rings (SSSR count). The molecule has 0 spiro atoms. The quantitative estimate of drug-likeness (QED) is 0.818. The topological polar surface area (TPSA) is 58.0 Å². The van der Waals surface area contributed by atoms with E-state index < -0.39 is 0 Å². The standard InChI is InChI=1S/C9H13BrClN3O/c1-6(2-3-15)4-12-9-7(10)8(11)13-5-14-9/h5-6,15H,2-4H2,1H3,(H,12,13,14). The highest BCUT2D eigenvalue weighted by Gasteiger charge is 2.07. The second-order valence-corrected chi connectivity index (χ2v) is 4.48. The molecule has 0 fully saturated rings. The van der Waals surface area contributed by atoms with Crippen molar-refractivity contribution in [2.45, 2.75) is 13.3 Å². The summed E-state index contributed by atoms with van der Waals surface area (Å²) in [7, 11) is 0. The van der Waals surface area contributed by atoms with Crippen molar-refractivity contribution in [2.75, 3.05) is 18.5 Å². The number of nitrogens with zero attached hydrogens (tertiary/aromatic N) is 2. The van der Waals surface area contributed by atoms with Crippen LogP contribution in [0.4, 0.5) is 5.82 Å². The lowest BCUT2D eigenvalue weighted by atomic mass is 10.1. The molecular weight excluding hydrogens is 281 g/mol. The van der Waals surface area contributed by atoms with Crippen molar-refractivity contribution in [3.8, 4) is 0 Å². The fourth-order valence-corrected chi connectivity index (χ4v) is 1.54. The Morgan fingerprint density at radius 1 is 1.60 bits per heavy atom. The van der Waals surface area contributed by atoms with Gasteiger partial charge < -0.3 is 10.4 Å². The van der Waals surface area contributed by atoms with E-state index in [9.17, 15) is 0 Å². The third-order valence-corrected chi connectivity index (χ3v) is 3.25. The van der Waals surface area contributed by atoms with Crippen LogP contribution in [0.15, 0.2) is 10.8 Å². The second kappa shape index (κ2) is 6.25. The predicted molar refractivity (Wildman–Crippen MR) is 64.1 cm³/mol. The first-order valence-corrected chi connectivity index (χ1v) is 5.83. The molecule has 0 amide bonds. The van der Waals surface area contributed by atoms with E-state index >= 15 is 0 Å². The molecule has 4 nitrogen and oxygen atoms in total. The summed E-state index contributed by atoms with van der Waals surface area (Å²) in [4.78, 5) is 7.89. The van der Waals surface area contributed by atoms with Crippen LogP contribution in [-0.4, -0.2) is 28.2 Å². The third kappa shape index (κ3) is 3.93. The van der Waals surface area contributed by atoms with Crippen molar-refractivity contribution in [3.63, 3.8) is 0 Å². The van der Waals surface area contributed by atoms with Crippen molar-refractivity contribution in [1.29, 1.82) is 0 Å². The molecule has 2 N–H and O–H groups in total. The Bertz CT molecular complexity index is 324. The normalized spacial score (nSPS) is 12.5. The molecule has 0 aliphatic rings. The van der Waals surface area contributed by atoms with Gasteiger partial charge in [-0.25, -0.2) is 9.97 Å². The van der Waals surface area contributed by atoms with Crippen LogP contribution in [0.2, 0.25) is 5.15 Å². The van der Waals surface area contributed by atoms with Gasteiger partial charge in [0.15, 0.2) is 0 Å². The summed E-state index contributed by atoms with van der Waals surface area (Å²) in [5.41, 5.74) is 0. The number of aliphatic hydroxyl groups excluding tert-OH is 1. The smallest absolute Gasteiger partial charge is 0.148 e. The maximum absolute atomic E-state index is 8.75. The number of halogens is 2. The van der Waals surface area contributed by atoms with Gasteiger partial charge in [0.05, 0.1) is 4.47 Å². The molecule has 1 unspecified atom stereocenters. The van der Waals surface area contributed by atoms with Gasteiger partial charge in [-0.3, -0.25) is 0 Å². The molecule has 6 heteroatoms. The molecule has 0 saturated carbocycles. The zero-order valence-corrected chi connectivity index (χ0v) is 10.7. The van der Waals surface area contributed by atoms with E-state index in [2.05, 4.69) is 38.1 Å². The zero-order chi connectivity index (χ0) is 11.3. The first-order valence-electron chi connectivity index (χ1n) is 4.66. The molecule has 1 atom stereocenters. The molecule has 0 saturated heterocycles. The Morgan fingerprint density at radius 2 is 2.33 bits per heavy atom. The van der Waals surface area contributed by atoms with Crippen molar-refractivity contribution >= 4 is 33.3 Å². The molecule has 0 bridgehead atoms. The molecule has 15 heavy (non-hydrogen) atoms. The molecule has 1 aromatic heterocycles. The molecule has 1 heterocycles. The minimum absolute atomic E-state index is 0.203. The van der Waals surface area contributed by atoms with Crippen LogP contribution in [0.3, 0.4) is 0 Å². The predicted octanol–water partition coefficient (Wildman–Crippen LogP) is 2.32. The fraction of sp³-hybridized carbons (Fsp3) is 0.556. The number of hydrogen-bond acceptors (Lipinski definition) is 4. The van der Waals surface area contributed by atoms with E-state index in [0.29, 0.717) is 21.4 Å². The lowest BCUT2D eigenvalue weighted by Gasteiger charge is -2.12. The SMILES string of the molecule is CC(CCO)CNc1ncnc(Cl)c1Br. The van der Waals surface area contributed by atoms with Gasteiger partial charge in [-0.1, -0.05) is 18.5 Å². The summed E-state index contributed by atoms with van der Waals surface area (Å²) in [6.07, 6.45) is 2.18. The summed E-state index contributed by atoms with van der Waals surface area (Å²) >= 11 is 9.11. The monoisotopic (exact) mass is 293 g/mol. The Morgan fingerprint density at radius 3 is 3.00 bits per heavy atom. The van der Waals surface area contributed by atoms with Crippen LogP contribution in [-0.2, 0) is 0 Å². The highest BCUT2D eigenvalue weighted by molar-refractivity contribution is 9.10. The Labute approximate surface area is 102 Å². The minimum Gasteiger partial charge on any atom is -0.396 e. The van der Waals surface area contributed by atoms with Crippen LogP contribution in [0, 0.1) is 5.92 Å². The average Bonchev–Trinajstić information content (AvgIpc) is 2.21.